The first-order valence-electron chi connectivity index (χ1n) is 1.61. The lowest BCUT2D eigenvalue weighted by Gasteiger charge is -1.88. The molecule has 2 N–H and O–H groups in total. The predicted octanol–water partition coefficient (Wildman–Crippen LogP) is -0.236. The predicted molar refractivity (Wildman–Crippen MR) is 19.2 cm³/mol. The van der Waals surface area contributed by atoms with Gasteiger partial charge in [-0.15, -0.1) is 0 Å². The molecule has 1 atom stereocenters. The fourth-order valence-corrected chi connectivity index (χ4v) is 0. The van der Waals surface area contributed by atoms with Crippen LogP contribution in [0, 0.1) is 0 Å². The van der Waals surface area contributed by atoms with E-state index in [1.807, 2.05) is 0 Å². The van der Waals surface area contributed by atoms with E-state index in [4.69, 9.17) is 5.73 Å². The summed E-state index contributed by atoms with van der Waals surface area (Å²) in [6.45, 7) is 1.52. The van der Waals surface area contributed by atoms with Crippen molar-refractivity contribution in [1.82, 2.24) is 0 Å². The van der Waals surface area contributed by atoms with E-state index in [0.29, 0.717) is 0 Å². The van der Waals surface area contributed by atoms with E-state index >= 15 is 0 Å². The van der Waals surface area contributed by atoms with Crippen molar-refractivity contribution in [3.05, 3.63) is 0 Å². The van der Waals surface area contributed by atoms with Crippen LogP contribution in [0.1, 0.15) is 6.92 Å². The molecular formula is C3H8NO. The lowest BCUT2D eigenvalue weighted by Crippen LogP contribution is -2.17. The largest absolute Gasteiger partial charge is 0.326 e. The van der Waals surface area contributed by atoms with Crippen molar-refractivity contribution < 1.29 is 5.11 Å². The first-order chi connectivity index (χ1) is 2.27. The van der Waals surface area contributed by atoms with Crippen molar-refractivity contribution in [1.29, 1.82) is 0 Å². The molecule has 31 valence electrons. The zero-order valence-electron chi connectivity index (χ0n) is 3.27. The molecular weight excluding hydrogens is 66.0 g/mol. The van der Waals surface area contributed by atoms with Gasteiger partial charge in [0.15, 0.2) is 0 Å². The van der Waals surface area contributed by atoms with E-state index < -0.39 is 0 Å². The quantitative estimate of drug-likeness (QED) is 0.458. The first-order valence-corrected chi connectivity index (χ1v) is 1.61. The van der Waals surface area contributed by atoms with Gasteiger partial charge in [0.1, 0.15) is 0 Å². The minimum absolute atomic E-state index is 0.167. The summed E-state index contributed by atoms with van der Waals surface area (Å²) in [4.78, 5) is 0. The van der Waals surface area contributed by atoms with Gasteiger partial charge in [-0.3, -0.25) is 0 Å². The molecule has 2 heteroatoms. The minimum Gasteiger partial charge on any atom is -0.326 e. The Kier molecular flexibility index (Phi) is 2.14. The topological polar surface area (TPSA) is 45.9 Å². The number of nitrogens with two attached hydrogens (primary N) is 1. The van der Waals surface area contributed by atoms with Crippen molar-refractivity contribution in [3.8, 4) is 0 Å². The zero-order chi connectivity index (χ0) is 4.28. The van der Waals surface area contributed by atoms with E-state index in [2.05, 4.69) is 0 Å². The van der Waals surface area contributed by atoms with Crippen molar-refractivity contribution >= 4 is 0 Å². The van der Waals surface area contributed by atoms with Gasteiger partial charge >= 0.3 is 0 Å². The summed E-state index contributed by atoms with van der Waals surface area (Å²) in [5.74, 6) is 0. The molecule has 5 heavy (non-hydrogen) atoms. The van der Waals surface area contributed by atoms with Gasteiger partial charge in [-0.25, -0.2) is 5.11 Å². The van der Waals surface area contributed by atoms with Crippen LogP contribution in [0.25, 0.3) is 0 Å². The highest BCUT2D eigenvalue weighted by molar-refractivity contribution is 4.43. The number of rotatable bonds is 1. The molecule has 2 nitrogen and oxygen atoms in total. The average Bonchev–Trinajstić information content (AvgIpc) is 1.38. The number of hydrogen-bond donors (Lipinski definition) is 1. The Balaban J connectivity index is 2.54. The molecule has 0 bridgehead atoms. The van der Waals surface area contributed by atoms with Gasteiger partial charge in [0.05, 0.1) is 6.61 Å². The van der Waals surface area contributed by atoms with Gasteiger partial charge in [0, 0.05) is 6.04 Å². The second-order valence-corrected chi connectivity index (χ2v) is 1.14. The fourth-order valence-electron chi connectivity index (χ4n) is 0. The molecule has 0 fully saturated rings. The average molecular weight is 74.1 g/mol. The molecule has 0 spiro atoms. The van der Waals surface area contributed by atoms with Crippen LogP contribution >= 0.6 is 0 Å². The Morgan fingerprint density at radius 2 is 2.20 bits per heavy atom. The highest BCUT2D eigenvalue weighted by Crippen LogP contribution is 1.63. The smallest absolute Gasteiger partial charge is 0.0970 e. The second kappa shape index (κ2) is 2.18. The molecule has 0 saturated heterocycles. The van der Waals surface area contributed by atoms with Gasteiger partial charge < -0.3 is 5.73 Å². The van der Waals surface area contributed by atoms with Crippen LogP contribution in [0.4, 0.5) is 0 Å². The van der Waals surface area contributed by atoms with Crippen LogP contribution in [0.5, 0.6) is 0 Å². The molecule has 0 aromatic heterocycles. The molecule has 0 unspecified atom stereocenters. The van der Waals surface area contributed by atoms with Crippen LogP contribution < -0.4 is 5.73 Å². The normalized spacial score (nSPS) is 15.0. The maximum atomic E-state index is 9.50. The highest BCUT2D eigenvalue weighted by atomic mass is 16.3. The number of hydrogen-bond acceptors (Lipinski definition) is 1. The van der Waals surface area contributed by atoms with Crippen LogP contribution in [-0.4, -0.2) is 12.6 Å². The lowest BCUT2D eigenvalue weighted by atomic mass is 10.4. The minimum atomic E-state index is -0.171. The van der Waals surface area contributed by atoms with Crippen LogP contribution in [0.3, 0.4) is 0 Å². The summed E-state index contributed by atoms with van der Waals surface area (Å²) in [7, 11) is 0. The Morgan fingerprint density at radius 1 is 2.00 bits per heavy atom. The summed E-state index contributed by atoms with van der Waals surface area (Å²) in [5, 5.41) is 9.50. The third kappa shape index (κ3) is 3.92. The lowest BCUT2D eigenvalue weighted by molar-refractivity contribution is 0.178. The molecule has 0 rings (SSSR count). The standard InChI is InChI=1S/C3H8NO/c1-3(4)2-5/h3H,2,4H2,1H3/t3-/m1/s1. The summed E-state index contributed by atoms with van der Waals surface area (Å²) < 4.78 is 0. The maximum Gasteiger partial charge on any atom is 0.0970 e. The van der Waals surface area contributed by atoms with E-state index in [1.54, 1.807) is 6.92 Å². The molecule has 0 amide bonds. The van der Waals surface area contributed by atoms with E-state index in [0.717, 1.165) is 0 Å². The first kappa shape index (κ1) is 4.92. The second-order valence-electron chi connectivity index (χ2n) is 1.14. The third-order valence-electron chi connectivity index (χ3n) is 0.263. The zero-order valence-corrected chi connectivity index (χ0v) is 3.27. The van der Waals surface area contributed by atoms with E-state index in [-0.39, 0.29) is 12.6 Å². The SMILES string of the molecule is C[C@@H](N)C[O]. The summed E-state index contributed by atoms with van der Waals surface area (Å²) in [6.07, 6.45) is 0. The molecule has 0 aromatic rings. The Hall–Kier alpha value is -0.0800. The summed E-state index contributed by atoms with van der Waals surface area (Å²) in [6, 6.07) is -0.171. The molecule has 0 aliphatic rings. The summed E-state index contributed by atoms with van der Waals surface area (Å²) in [5.41, 5.74) is 4.98. The van der Waals surface area contributed by atoms with Gasteiger partial charge in [-0.1, -0.05) is 0 Å². The van der Waals surface area contributed by atoms with Crippen molar-refractivity contribution in [2.45, 2.75) is 13.0 Å². The summed E-state index contributed by atoms with van der Waals surface area (Å²) >= 11 is 0. The Morgan fingerprint density at radius 3 is 2.20 bits per heavy atom. The van der Waals surface area contributed by atoms with Crippen molar-refractivity contribution in [2.24, 2.45) is 5.73 Å². The van der Waals surface area contributed by atoms with E-state index in [1.165, 1.54) is 0 Å². The molecule has 1 radical (unpaired) electrons. The molecule has 0 aliphatic heterocycles. The van der Waals surface area contributed by atoms with Gasteiger partial charge in [0.2, 0.25) is 0 Å². The molecule has 0 aliphatic carbocycles. The van der Waals surface area contributed by atoms with Crippen LogP contribution in [0.15, 0.2) is 0 Å². The van der Waals surface area contributed by atoms with Crippen LogP contribution in [-0.2, 0) is 5.11 Å². The molecule has 0 heterocycles. The Bertz CT molecular complexity index is 20.9. The van der Waals surface area contributed by atoms with Gasteiger partial charge in [0.25, 0.3) is 0 Å². The van der Waals surface area contributed by atoms with Gasteiger partial charge in [-0.2, -0.15) is 0 Å². The van der Waals surface area contributed by atoms with E-state index in [9.17, 15) is 5.11 Å². The molecule has 0 aromatic carbocycles. The van der Waals surface area contributed by atoms with Crippen LogP contribution in [0.2, 0.25) is 0 Å². The molecule has 0 saturated carbocycles. The Labute approximate surface area is 31.6 Å². The maximum absolute atomic E-state index is 9.50. The monoisotopic (exact) mass is 74.1 g/mol. The van der Waals surface area contributed by atoms with Crippen molar-refractivity contribution in [3.63, 3.8) is 0 Å². The fraction of sp³-hybridized carbons (Fsp3) is 1.00. The van der Waals surface area contributed by atoms with Gasteiger partial charge in [-0.05, 0) is 6.92 Å². The third-order valence-corrected chi connectivity index (χ3v) is 0.263. The highest BCUT2D eigenvalue weighted by Gasteiger charge is 1.83. The van der Waals surface area contributed by atoms with Crippen molar-refractivity contribution in [2.75, 3.05) is 6.61 Å².